The molecule has 0 saturated heterocycles. The molecule has 1 aliphatic rings. The van der Waals surface area contributed by atoms with E-state index in [-0.39, 0.29) is 0 Å². The summed E-state index contributed by atoms with van der Waals surface area (Å²) in [6, 6.07) is 0. The van der Waals surface area contributed by atoms with Crippen LogP contribution in [0.4, 0.5) is 0 Å². The summed E-state index contributed by atoms with van der Waals surface area (Å²) in [5.74, 6) is 0. The summed E-state index contributed by atoms with van der Waals surface area (Å²) in [5.41, 5.74) is 5.57. The minimum absolute atomic E-state index is 1.01. The zero-order valence-electron chi connectivity index (χ0n) is 4.15. The van der Waals surface area contributed by atoms with Crippen molar-refractivity contribution in [1.29, 1.82) is 0 Å². The van der Waals surface area contributed by atoms with E-state index >= 15 is 0 Å². The standard InChI is InChI=1S/C4H9N3/c1-2-4-6-7-5-3-1/h3,6-7H,1-2,4H2. The number of nitrogens with zero attached hydrogens (tertiary/aromatic N) is 1. The molecule has 0 aromatic heterocycles. The number of hydrogen-bond acceptors (Lipinski definition) is 3. The van der Waals surface area contributed by atoms with E-state index in [1.165, 1.54) is 6.42 Å². The molecule has 40 valence electrons. The molecule has 0 atom stereocenters. The van der Waals surface area contributed by atoms with E-state index in [1.807, 2.05) is 6.21 Å². The fourth-order valence-electron chi connectivity index (χ4n) is 0.493. The molecule has 0 aliphatic carbocycles. The van der Waals surface area contributed by atoms with Gasteiger partial charge >= 0.3 is 0 Å². The molecule has 0 aromatic rings. The van der Waals surface area contributed by atoms with Gasteiger partial charge in [-0.15, -0.1) is 0 Å². The molecule has 2 N–H and O–H groups in total. The van der Waals surface area contributed by atoms with Crippen molar-refractivity contribution >= 4 is 6.21 Å². The van der Waals surface area contributed by atoms with Crippen LogP contribution in [0.3, 0.4) is 0 Å². The third-order valence-electron chi connectivity index (χ3n) is 0.870. The maximum absolute atomic E-state index is 3.78. The van der Waals surface area contributed by atoms with Crippen molar-refractivity contribution in [2.75, 3.05) is 6.54 Å². The van der Waals surface area contributed by atoms with Crippen LogP contribution in [0.15, 0.2) is 5.10 Å². The minimum Gasteiger partial charge on any atom is -0.243 e. The molecule has 0 fully saturated rings. The van der Waals surface area contributed by atoms with Gasteiger partial charge in [0.1, 0.15) is 0 Å². The molecule has 0 saturated carbocycles. The highest BCUT2D eigenvalue weighted by Gasteiger charge is 1.86. The maximum atomic E-state index is 3.78. The lowest BCUT2D eigenvalue weighted by Crippen LogP contribution is -2.25. The van der Waals surface area contributed by atoms with Crippen LogP contribution in [0, 0.1) is 0 Å². The quantitative estimate of drug-likeness (QED) is 0.443. The monoisotopic (exact) mass is 99.1 g/mol. The van der Waals surface area contributed by atoms with Crippen LogP contribution < -0.4 is 11.0 Å². The smallest absolute Gasteiger partial charge is 0.0258 e. The zero-order valence-corrected chi connectivity index (χ0v) is 4.15. The van der Waals surface area contributed by atoms with Crippen LogP contribution >= 0.6 is 0 Å². The van der Waals surface area contributed by atoms with Gasteiger partial charge in [-0.05, 0) is 12.8 Å². The van der Waals surface area contributed by atoms with Crippen LogP contribution in [-0.2, 0) is 0 Å². The van der Waals surface area contributed by atoms with Gasteiger partial charge in [-0.2, -0.15) is 5.10 Å². The Hall–Kier alpha value is -0.570. The SMILES string of the molecule is C1=NNNCCC1. The Morgan fingerprint density at radius 1 is 1.57 bits per heavy atom. The van der Waals surface area contributed by atoms with Crippen molar-refractivity contribution in [3.63, 3.8) is 0 Å². The Morgan fingerprint density at radius 3 is 3.57 bits per heavy atom. The van der Waals surface area contributed by atoms with Crippen LogP contribution in [0.2, 0.25) is 0 Å². The van der Waals surface area contributed by atoms with Crippen molar-refractivity contribution in [3.05, 3.63) is 0 Å². The van der Waals surface area contributed by atoms with Crippen molar-refractivity contribution < 1.29 is 0 Å². The minimum atomic E-state index is 1.01. The predicted molar refractivity (Wildman–Crippen MR) is 28.9 cm³/mol. The van der Waals surface area contributed by atoms with E-state index in [9.17, 15) is 0 Å². The average Bonchev–Trinajstić information content (AvgIpc) is 1.90. The third kappa shape index (κ3) is 1.55. The van der Waals surface area contributed by atoms with Crippen LogP contribution in [0.25, 0.3) is 0 Å². The highest BCUT2D eigenvalue weighted by Crippen LogP contribution is 1.82. The van der Waals surface area contributed by atoms with Crippen molar-refractivity contribution in [2.24, 2.45) is 5.10 Å². The Balaban J connectivity index is 2.20. The summed E-state index contributed by atoms with van der Waals surface area (Å²) in [4.78, 5) is 0. The Bertz CT molecular complexity index is 61.3. The van der Waals surface area contributed by atoms with Crippen LogP contribution in [0.5, 0.6) is 0 Å². The maximum Gasteiger partial charge on any atom is 0.0258 e. The van der Waals surface area contributed by atoms with Gasteiger partial charge in [0.2, 0.25) is 0 Å². The van der Waals surface area contributed by atoms with E-state index < -0.39 is 0 Å². The van der Waals surface area contributed by atoms with E-state index in [0.717, 1.165) is 13.0 Å². The van der Waals surface area contributed by atoms with E-state index in [2.05, 4.69) is 16.1 Å². The summed E-state index contributed by atoms with van der Waals surface area (Å²) in [6.07, 6.45) is 4.14. The Kier molecular flexibility index (Phi) is 1.69. The third-order valence-corrected chi connectivity index (χ3v) is 0.870. The molecule has 1 rings (SSSR count). The second kappa shape index (κ2) is 2.58. The van der Waals surface area contributed by atoms with E-state index in [0.29, 0.717) is 0 Å². The number of hydrogen-bond donors (Lipinski definition) is 2. The first-order valence-electron chi connectivity index (χ1n) is 2.49. The summed E-state index contributed by atoms with van der Waals surface area (Å²) in [7, 11) is 0. The number of hydrazine groups is 1. The second-order valence-electron chi connectivity index (χ2n) is 1.49. The normalized spacial score (nSPS) is 20.6. The molecule has 1 aliphatic heterocycles. The predicted octanol–water partition coefficient (Wildman–Crippen LogP) is -0.140. The molecule has 0 spiro atoms. The number of rotatable bonds is 0. The summed E-state index contributed by atoms with van der Waals surface area (Å²) in [5, 5.41) is 3.78. The Labute approximate surface area is 42.8 Å². The molecule has 1 heterocycles. The fourth-order valence-corrected chi connectivity index (χ4v) is 0.493. The van der Waals surface area contributed by atoms with E-state index in [4.69, 9.17) is 0 Å². The highest BCUT2D eigenvalue weighted by atomic mass is 15.5. The fraction of sp³-hybridized carbons (Fsp3) is 0.750. The molecule has 0 aromatic carbocycles. The lowest BCUT2D eigenvalue weighted by atomic mass is 10.3. The van der Waals surface area contributed by atoms with Gasteiger partial charge in [0.25, 0.3) is 0 Å². The molecule has 0 unspecified atom stereocenters. The number of nitrogens with one attached hydrogen (secondary N) is 2. The molecule has 3 nitrogen and oxygen atoms in total. The molecule has 7 heavy (non-hydrogen) atoms. The van der Waals surface area contributed by atoms with Gasteiger partial charge in [0, 0.05) is 12.8 Å². The lowest BCUT2D eigenvalue weighted by molar-refractivity contribution is 0.565. The molecule has 0 radical (unpaired) electrons. The largest absolute Gasteiger partial charge is 0.243 e. The van der Waals surface area contributed by atoms with Crippen molar-refractivity contribution in [1.82, 2.24) is 11.0 Å². The lowest BCUT2D eigenvalue weighted by Gasteiger charge is -1.93. The second-order valence-corrected chi connectivity index (χ2v) is 1.49. The highest BCUT2D eigenvalue weighted by molar-refractivity contribution is 5.56. The average molecular weight is 99.1 g/mol. The van der Waals surface area contributed by atoms with Gasteiger partial charge in [-0.3, -0.25) is 0 Å². The molecular weight excluding hydrogens is 90.1 g/mol. The van der Waals surface area contributed by atoms with Gasteiger partial charge < -0.3 is 0 Å². The summed E-state index contributed by atoms with van der Waals surface area (Å²) in [6.45, 7) is 1.01. The Morgan fingerprint density at radius 2 is 2.57 bits per heavy atom. The first-order valence-corrected chi connectivity index (χ1v) is 2.49. The molecule has 0 amide bonds. The topological polar surface area (TPSA) is 36.4 Å². The first-order chi connectivity index (χ1) is 3.50. The van der Waals surface area contributed by atoms with Crippen LogP contribution in [0.1, 0.15) is 12.8 Å². The molecule has 3 heteroatoms. The number of hydrazone groups is 1. The van der Waals surface area contributed by atoms with Gasteiger partial charge in [0.15, 0.2) is 0 Å². The van der Waals surface area contributed by atoms with E-state index in [1.54, 1.807) is 0 Å². The van der Waals surface area contributed by atoms with Crippen molar-refractivity contribution in [3.8, 4) is 0 Å². The van der Waals surface area contributed by atoms with Gasteiger partial charge in [-0.1, -0.05) is 0 Å². The molecule has 0 bridgehead atoms. The van der Waals surface area contributed by atoms with Gasteiger partial charge in [-0.25, -0.2) is 11.0 Å². The summed E-state index contributed by atoms with van der Waals surface area (Å²) >= 11 is 0. The summed E-state index contributed by atoms with van der Waals surface area (Å²) < 4.78 is 0. The molecular formula is C4H9N3. The van der Waals surface area contributed by atoms with Crippen LogP contribution in [-0.4, -0.2) is 12.8 Å². The first kappa shape index (κ1) is 4.59. The van der Waals surface area contributed by atoms with Gasteiger partial charge in [0.05, 0.1) is 0 Å². The zero-order chi connectivity index (χ0) is 4.95. The van der Waals surface area contributed by atoms with Crippen molar-refractivity contribution in [2.45, 2.75) is 12.8 Å².